The number of hydrogen-bond acceptors (Lipinski definition) is 6. The van der Waals surface area contributed by atoms with E-state index in [0.717, 1.165) is 116 Å². The fourth-order valence-corrected chi connectivity index (χ4v) is 8.57. The van der Waals surface area contributed by atoms with Crippen LogP contribution in [0.5, 0.6) is 0 Å². The Hall–Kier alpha value is -3.93. The van der Waals surface area contributed by atoms with Crippen LogP contribution in [0.4, 0.5) is 0 Å². The van der Waals surface area contributed by atoms with Crippen LogP contribution in [0.1, 0.15) is 290 Å². The summed E-state index contributed by atoms with van der Waals surface area (Å²) in [5, 5.41) is 0. The van der Waals surface area contributed by atoms with Gasteiger partial charge in [-0.25, -0.2) is 0 Å². The summed E-state index contributed by atoms with van der Waals surface area (Å²) in [5.41, 5.74) is 0. The topological polar surface area (TPSA) is 78.9 Å². The van der Waals surface area contributed by atoms with Gasteiger partial charge < -0.3 is 14.2 Å². The minimum atomic E-state index is -0.778. The number of unbranched alkanes of at least 4 members (excludes halogenated alkanes) is 27. The third-order valence-corrected chi connectivity index (χ3v) is 13.3. The Labute approximate surface area is 463 Å². The molecule has 0 bridgehead atoms. The van der Waals surface area contributed by atoms with Crippen molar-refractivity contribution in [1.82, 2.24) is 0 Å². The van der Waals surface area contributed by atoms with Gasteiger partial charge in [-0.1, -0.05) is 271 Å². The highest BCUT2D eigenvalue weighted by atomic mass is 16.6. The summed E-state index contributed by atoms with van der Waals surface area (Å²) in [6.07, 6.45) is 85.7. The van der Waals surface area contributed by atoms with Crippen molar-refractivity contribution in [2.45, 2.75) is 297 Å². The van der Waals surface area contributed by atoms with Crippen LogP contribution in [0.3, 0.4) is 0 Å². The second kappa shape index (κ2) is 62.6. The van der Waals surface area contributed by atoms with Crippen molar-refractivity contribution in [2.75, 3.05) is 13.2 Å². The van der Waals surface area contributed by atoms with E-state index in [1.54, 1.807) is 0 Å². The minimum absolute atomic E-state index is 0.0801. The third-order valence-electron chi connectivity index (χ3n) is 13.3. The lowest BCUT2D eigenvalue weighted by Crippen LogP contribution is -2.30. The first kappa shape index (κ1) is 71.1. The van der Waals surface area contributed by atoms with Crippen molar-refractivity contribution in [3.05, 3.63) is 109 Å². The Kier molecular flexibility index (Phi) is 59.3. The van der Waals surface area contributed by atoms with Crippen molar-refractivity contribution in [3.8, 4) is 0 Å². The van der Waals surface area contributed by atoms with E-state index in [-0.39, 0.29) is 31.1 Å². The standard InChI is InChI=1S/C69H116O6/c1-4-7-10-13-15-17-19-21-23-25-27-28-29-30-31-32-33-34-35-36-37-38-39-40-42-43-45-47-49-51-53-56-59-62-68(71)74-65-66(64-73-67(70)61-58-55-12-9-6-3)75-69(72)63-60-57-54-52-50-48-46-44-41-26-24-22-20-18-16-14-11-8-5-2/h7,10,15-18,21-24,27-28,30-31,33-34,36-37,66H,4-6,8-9,11-14,19-20,25-26,29,32,35,38-65H2,1-3H3/b10-7-,17-15-,18-16-,23-21-,24-22-,28-27-,31-30-,34-33-,37-36-. The van der Waals surface area contributed by atoms with Crippen LogP contribution in [0, 0.1) is 0 Å². The van der Waals surface area contributed by atoms with Crippen LogP contribution in [0.2, 0.25) is 0 Å². The number of hydrogen-bond donors (Lipinski definition) is 0. The maximum absolute atomic E-state index is 12.8. The molecule has 0 amide bonds. The highest BCUT2D eigenvalue weighted by Crippen LogP contribution is 2.16. The van der Waals surface area contributed by atoms with Gasteiger partial charge in [-0.15, -0.1) is 0 Å². The molecule has 0 radical (unpaired) electrons. The Morgan fingerprint density at radius 2 is 0.520 bits per heavy atom. The summed E-state index contributed by atoms with van der Waals surface area (Å²) in [6, 6.07) is 0. The average molecular weight is 1040 g/mol. The number of allylic oxidation sites excluding steroid dienone is 18. The van der Waals surface area contributed by atoms with Crippen LogP contribution in [-0.4, -0.2) is 37.2 Å². The van der Waals surface area contributed by atoms with E-state index in [2.05, 4.69) is 130 Å². The molecule has 0 saturated carbocycles. The molecule has 0 fully saturated rings. The second-order valence-electron chi connectivity index (χ2n) is 20.6. The molecule has 6 nitrogen and oxygen atoms in total. The predicted molar refractivity (Wildman–Crippen MR) is 325 cm³/mol. The van der Waals surface area contributed by atoms with E-state index >= 15 is 0 Å². The lowest BCUT2D eigenvalue weighted by molar-refractivity contribution is -0.167. The highest BCUT2D eigenvalue weighted by molar-refractivity contribution is 5.71. The van der Waals surface area contributed by atoms with E-state index in [1.165, 1.54) is 135 Å². The van der Waals surface area contributed by atoms with Gasteiger partial charge in [0.15, 0.2) is 6.10 Å². The normalized spacial score (nSPS) is 12.8. The minimum Gasteiger partial charge on any atom is -0.462 e. The fourth-order valence-electron chi connectivity index (χ4n) is 8.57. The maximum Gasteiger partial charge on any atom is 0.306 e. The van der Waals surface area contributed by atoms with Crippen LogP contribution in [0.15, 0.2) is 109 Å². The Balaban J connectivity index is 4.04. The molecule has 0 aromatic rings. The van der Waals surface area contributed by atoms with Gasteiger partial charge in [-0.2, -0.15) is 0 Å². The lowest BCUT2D eigenvalue weighted by Gasteiger charge is -2.18. The highest BCUT2D eigenvalue weighted by Gasteiger charge is 2.19. The number of carbonyl (C=O) groups is 3. The van der Waals surface area contributed by atoms with Gasteiger partial charge in [0.1, 0.15) is 13.2 Å². The number of carbonyl (C=O) groups excluding carboxylic acids is 3. The Bertz CT molecular complexity index is 1520. The van der Waals surface area contributed by atoms with E-state index in [9.17, 15) is 14.4 Å². The fraction of sp³-hybridized carbons (Fsp3) is 0.696. The van der Waals surface area contributed by atoms with Gasteiger partial charge in [-0.3, -0.25) is 14.4 Å². The molecule has 6 heteroatoms. The van der Waals surface area contributed by atoms with Gasteiger partial charge in [0.25, 0.3) is 0 Å². The third kappa shape index (κ3) is 60.8. The van der Waals surface area contributed by atoms with Crippen LogP contribution in [0.25, 0.3) is 0 Å². The Morgan fingerprint density at radius 1 is 0.280 bits per heavy atom. The van der Waals surface area contributed by atoms with E-state index in [1.807, 2.05) is 0 Å². The first-order valence-electron chi connectivity index (χ1n) is 31.4. The zero-order valence-corrected chi connectivity index (χ0v) is 49.0. The molecule has 0 aliphatic carbocycles. The van der Waals surface area contributed by atoms with Gasteiger partial charge >= 0.3 is 17.9 Å². The molecule has 0 N–H and O–H groups in total. The molecule has 0 spiro atoms. The largest absolute Gasteiger partial charge is 0.462 e. The first-order chi connectivity index (χ1) is 37.0. The van der Waals surface area contributed by atoms with Crippen LogP contribution < -0.4 is 0 Å². The molecular formula is C69H116O6. The zero-order valence-electron chi connectivity index (χ0n) is 49.0. The van der Waals surface area contributed by atoms with Crippen LogP contribution in [-0.2, 0) is 28.6 Å². The number of esters is 3. The average Bonchev–Trinajstić information content (AvgIpc) is 3.41. The summed E-state index contributed by atoms with van der Waals surface area (Å²) >= 11 is 0. The predicted octanol–water partition coefficient (Wildman–Crippen LogP) is 21.4. The van der Waals surface area contributed by atoms with Gasteiger partial charge in [-0.05, 0) is 109 Å². The quantitative estimate of drug-likeness (QED) is 0.0261. The first-order valence-corrected chi connectivity index (χ1v) is 31.4. The summed E-state index contributed by atoms with van der Waals surface area (Å²) in [7, 11) is 0. The molecule has 0 aromatic heterocycles. The SMILES string of the molecule is CC/C=C\C/C=C\C/C=C\C/C=C\C/C=C\C/C=C\C/C=C\CCCCCCCCCCCCCC(=O)OCC(COC(=O)CCCCCCC)OC(=O)CCCCCCCCCCC/C=C\C/C=C\CCCCC. The van der Waals surface area contributed by atoms with Crippen LogP contribution >= 0.6 is 0 Å². The summed E-state index contributed by atoms with van der Waals surface area (Å²) < 4.78 is 16.8. The van der Waals surface area contributed by atoms with Crippen molar-refractivity contribution in [1.29, 1.82) is 0 Å². The van der Waals surface area contributed by atoms with E-state index < -0.39 is 6.10 Å². The molecule has 0 aliphatic rings. The smallest absolute Gasteiger partial charge is 0.306 e. The van der Waals surface area contributed by atoms with E-state index in [4.69, 9.17) is 14.2 Å². The summed E-state index contributed by atoms with van der Waals surface area (Å²) in [4.78, 5) is 37.9. The maximum atomic E-state index is 12.8. The molecule has 1 unspecified atom stereocenters. The number of rotatable bonds is 56. The Morgan fingerprint density at radius 3 is 0.840 bits per heavy atom. The van der Waals surface area contributed by atoms with E-state index in [0.29, 0.717) is 19.3 Å². The molecule has 0 saturated heterocycles. The zero-order chi connectivity index (χ0) is 54.3. The van der Waals surface area contributed by atoms with Crippen molar-refractivity contribution >= 4 is 17.9 Å². The molecule has 428 valence electrons. The molecule has 1 atom stereocenters. The van der Waals surface area contributed by atoms with Gasteiger partial charge in [0, 0.05) is 19.3 Å². The van der Waals surface area contributed by atoms with Crippen molar-refractivity contribution in [3.63, 3.8) is 0 Å². The molecule has 0 heterocycles. The van der Waals surface area contributed by atoms with Gasteiger partial charge in [0.05, 0.1) is 0 Å². The van der Waals surface area contributed by atoms with Crippen molar-refractivity contribution < 1.29 is 28.6 Å². The molecule has 0 aromatic carbocycles. The molecule has 75 heavy (non-hydrogen) atoms. The summed E-state index contributed by atoms with van der Waals surface area (Å²) in [6.45, 7) is 6.42. The lowest BCUT2D eigenvalue weighted by atomic mass is 10.0. The molecule has 0 aliphatic heterocycles. The molecule has 0 rings (SSSR count). The summed E-state index contributed by atoms with van der Waals surface area (Å²) in [5.74, 6) is -0.897. The molecular weight excluding hydrogens is 925 g/mol. The van der Waals surface area contributed by atoms with Crippen molar-refractivity contribution in [2.24, 2.45) is 0 Å². The van der Waals surface area contributed by atoms with Gasteiger partial charge in [0.2, 0.25) is 0 Å². The second-order valence-corrected chi connectivity index (χ2v) is 20.6. The number of ether oxygens (including phenoxy) is 3. The monoisotopic (exact) mass is 1040 g/mol.